The van der Waals surface area contributed by atoms with E-state index < -0.39 is 0 Å². The summed E-state index contributed by atoms with van der Waals surface area (Å²) < 4.78 is 0. The van der Waals surface area contributed by atoms with Crippen molar-refractivity contribution in [3.8, 4) is 0 Å². The summed E-state index contributed by atoms with van der Waals surface area (Å²) in [6.45, 7) is 2.90. The first-order valence-electron chi connectivity index (χ1n) is 7.06. The van der Waals surface area contributed by atoms with E-state index >= 15 is 0 Å². The van der Waals surface area contributed by atoms with Crippen LogP contribution in [0.5, 0.6) is 0 Å². The Morgan fingerprint density at radius 3 is 1.19 bits per heavy atom. The van der Waals surface area contributed by atoms with Crippen LogP contribution in [0.3, 0.4) is 0 Å². The molecule has 2 heteroatoms. The van der Waals surface area contributed by atoms with E-state index in [0.717, 1.165) is 6.42 Å². The van der Waals surface area contributed by atoms with Gasteiger partial charge < -0.3 is 5.73 Å². The van der Waals surface area contributed by atoms with Crippen molar-refractivity contribution in [1.82, 2.24) is 0 Å². The number of unbranched alkanes of at least 4 members (excludes halogenated alkanes) is 11. The third kappa shape index (κ3) is 17.4. The first-order valence-corrected chi connectivity index (χ1v) is 7.06. The molecule has 1 N–H and O–H groups in total. The summed E-state index contributed by atoms with van der Waals surface area (Å²) in [7, 11) is 0. The maximum Gasteiger partial charge on any atom is 1.00 e. The van der Waals surface area contributed by atoms with Crippen molar-refractivity contribution >= 4 is 0 Å². The molecule has 0 rings (SSSR count). The minimum Gasteiger partial charge on any atom is -0.677 e. The Morgan fingerprint density at radius 1 is 0.562 bits per heavy atom. The molecule has 0 aromatic heterocycles. The molecule has 1 nitrogen and oxygen atoms in total. The van der Waals surface area contributed by atoms with Gasteiger partial charge in [0.15, 0.2) is 0 Å². The monoisotopic (exact) mass is 235 g/mol. The molecular weight excluding hydrogens is 205 g/mol. The zero-order valence-electron chi connectivity index (χ0n) is 11.7. The summed E-state index contributed by atoms with van der Waals surface area (Å²) in [6, 6.07) is 0. The number of hydrogen-bond donors (Lipinski definition) is 0. The summed E-state index contributed by atoms with van der Waals surface area (Å²) in [5.74, 6) is 0. The Morgan fingerprint density at radius 2 is 0.875 bits per heavy atom. The summed E-state index contributed by atoms with van der Waals surface area (Å²) in [5, 5.41) is 0. The molecule has 16 heavy (non-hydrogen) atoms. The molecule has 0 atom stereocenters. The maximum absolute atomic E-state index is 7.03. The molecule has 92 valence electrons. The van der Waals surface area contributed by atoms with Crippen molar-refractivity contribution in [1.29, 1.82) is 0 Å². The molecule has 0 spiro atoms. The third-order valence-corrected chi connectivity index (χ3v) is 3.03. The van der Waals surface area contributed by atoms with Crippen molar-refractivity contribution in [2.45, 2.75) is 84.0 Å². The van der Waals surface area contributed by atoms with E-state index in [1.807, 2.05) is 0 Å². The molecule has 0 bridgehead atoms. The minimum atomic E-state index is 0. The van der Waals surface area contributed by atoms with E-state index in [-0.39, 0.29) is 29.6 Å². The fourth-order valence-electron chi connectivity index (χ4n) is 1.97. The summed E-state index contributed by atoms with van der Waals surface area (Å²) >= 11 is 0. The van der Waals surface area contributed by atoms with Gasteiger partial charge in [-0.1, -0.05) is 84.0 Å². The fraction of sp³-hybridized carbons (Fsp3) is 1.00. The van der Waals surface area contributed by atoms with Crippen LogP contribution >= 0.6 is 0 Å². The van der Waals surface area contributed by atoms with Gasteiger partial charge in [0.25, 0.3) is 0 Å². The molecule has 0 fully saturated rings. The molecule has 0 radical (unpaired) electrons. The van der Waals surface area contributed by atoms with Gasteiger partial charge in [-0.2, -0.15) is 6.54 Å². The van der Waals surface area contributed by atoms with Crippen LogP contribution in [0.2, 0.25) is 0 Å². The Bertz CT molecular complexity index is 94.9. The topological polar surface area (TPSA) is 23.8 Å². The van der Waals surface area contributed by atoms with Crippen LogP contribution in [0.1, 0.15) is 84.0 Å². The predicted molar refractivity (Wildman–Crippen MR) is 70.3 cm³/mol. The van der Waals surface area contributed by atoms with E-state index in [4.69, 9.17) is 5.73 Å². The molecule has 0 saturated heterocycles. The fourth-order valence-corrected chi connectivity index (χ4v) is 1.97. The molecule has 0 aliphatic heterocycles. The second kappa shape index (κ2) is 18.3. The Balaban J connectivity index is 0. The van der Waals surface area contributed by atoms with Crippen LogP contribution in [0.25, 0.3) is 5.73 Å². The zero-order valence-corrected chi connectivity index (χ0v) is 13.7. The molecule has 0 unspecified atom stereocenters. The standard InChI is InChI=1S/C14H30N.Na/c1-2-3-4-5-6-7-8-9-10-11-12-13-14-15;/h15H,2-14H2,1H3;/q-1;+1. The zero-order chi connectivity index (χ0) is 11.2. The van der Waals surface area contributed by atoms with Crippen molar-refractivity contribution in [2.24, 2.45) is 0 Å². The summed E-state index contributed by atoms with van der Waals surface area (Å²) in [5.41, 5.74) is 7.03. The first-order chi connectivity index (χ1) is 7.41. The second-order valence-corrected chi connectivity index (χ2v) is 4.64. The van der Waals surface area contributed by atoms with Gasteiger partial charge in [0.2, 0.25) is 0 Å². The van der Waals surface area contributed by atoms with Gasteiger partial charge in [0.05, 0.1) is 0 Å². The van der Waals surface area contributed by atoms with Gasteiger partial charge in [0, 0.05) is 0 Å². The largest absolute Gasteiger partial charge is 1.00 e. The summed E-state index contributed by atoms with van der Waals surface area (Å²) in [4.78, 5) is 0. The van der Waals surface area contributed by atoms with E-state index in [2.05, 4.69) is 6.92 Å². The molecule has 0 saturated carbocycles. The van der Waals surface area contributed by atoms with Crippen LogP contribution in [-0.2, 0) is 0 Å². The van der Waals surface area contributed by atoms with E-state index in [0.29, 0.717) is 6.54 Å². The normalized spacial score (nSPS) is 10.1. The van der Waals surface area contributed by atoms with Crippen molar-refractivity contribution in [3.05, 3.63) is 5.73 Å². The van der Waals surface area contributed by atoms with Gasteiger partial charge in [-0.15, -0.1) is 0 Å². The molecule has 0 aliphatic carbocycles. The Kier molecular flexibility index (Phi) is 22.1. The van der Waals surface area contributed by atoms with Crippen molar-refractivity contribution < 1.29 is 29.6 Å². The van der Waals surface area contributed by atoms with Crippen molar-refractivity contribution in [3.63, 3.8) is 0 Å². The van der Waals surface area contributed by atoms with E-state index in [1.54, 1.807) is 0 Å². The average molecular weight is 235 g/mol. The second-order valence-electron chi connectivity index (χ2n) is 4.64. The van der Waals surface area contributed by atoms with Crippen LogP contribution in [-0.4, -0.2) is 6.54 Å². The predicted octanol–water partition coefficient (Wildman–Crippen LogP) is 2.74. The van der Waals surface area contributed by atoms with Gasteiger partial charge in [0.1, 0.15) is 0 Å². The minimum absolute atomic E-state index is 0. The molecular formula is C14H30NNa. The van der Waals surface area contributed by atoms with Gasteiger partial charge in [-0.05, 0) is 0 Å². The van der Waals surface area contributed by atoms with Crippen molar-refractivity contribution in [2.75, 3.05) is 6.54 Å². The number of nitrogens with one attached hydrogen (secondary N) is 1. The molecule has 0 aromatic rings. The van der Waals surface area contributed by atoms with Crippen LogP contribution in [0, 0.1) is 0 Å². The SMILES string of the molecule is CCCCCCCCCCCCCC[NH-].[Na+]. The quantitative estimate of drug-likeness (QED) is 0.367. The maximum atomic E-state index is 7.03. The van der Waals surface area contributed by atoms with Crippen LogP contribution in [0.15, 0.2) is 0 Å². The average Bonchev–Trinajstić information content (AvgIpc) is 2.26. The molecule has 0 aliphatic rings. The molecule has 0 aromatic carbocycles. The van der Waals surface area contributed by atoms with E-state index in [1.165, 1.54) is 70.6 Å². The third-order valence-electron chi connectivity index (χ3n) is 3.03. The van der Waals surface area contributed by atoms with Gasteiger partial charge in [-0.3, -0.25) is 0 Å². The van der Waals surface area contributed by atoms with Gasteiger partial charge >= 0.3 is 29.6 Å². The number of hydrogen-bond acceptors (Lipinski definition) is 0. The Hall–Kier alpha value is 0.960. The smallest absolute Gasteiger partial charge is 0.677 e. The molecule has 0 heterocycles. The first kappa shape index (κ1) is 19.3. The Labute approximate surface area is 125 Å². The summed E-state index contributed by atoms with van der Waals surface area (Å²) in [6.07, 6.45) is 16.6. The van der Waals surface area contributed by atoms with E-state index in [9.17, 15) is 0 Å². The molecule has 0 amide bonds. The van der Waals surface area contributed by atoms with Gasteiger partial charge in [-0.25, -0.2) is 0 Å². The van der Waals surface area contributed by atoms with Crippen LogP contribution < -0.4 is 29.6 Å². The number of rotatable bonds is 12. The van der Waals surface area contributed by atoms with Crippen LogP contribution in [0.4, 0.5) is 0 Å².